The minimum atomic E-state index is -0.461. The molecule has 1 N–H and O–H groups in total. The van der Waals surface area contributed by atoms with Gasteiger partial charge in [0, 0.05) is 12.1 Å². The molecule has 1 heterocycles. The van der Waals surface area contributed by atoms with Gasteiger partial charge in [0.05, 0.1) is 26.6 Å². The van der Waals surface area contributed by atoms with Crippen LogP contribution in [0.1, 0.15) is 12.5 Å². The maximum absolute atomic E-state index is 12.0. The quantitative estimate of drug-likeness (QED) is 0.300. The van der Waals surface area contributed by atoms with Crippen LogP contribution in [0.4, 0.5) is 5.69 Å². The molecule has 2 aromatic carbocycles. The van der Waals surface area contributed by atoms with Crippen LogP contribution in [0.15, 0.2) is 58.0 Å². The molecule has 0 radical (unpaired) electrons. The minimum absolute atomic E-state index is 0.0119. The Morgan fingerprint density at radius 2 is 2.00 bits per heavy atom. The van der Waals surface area contributed by atoms with Crippen molar-refractivity contribution in [1.29, 1.82) is 0 Å². The van der Waals surface area contributed by atoms with Crippen molar-refractivity contribution >= 4 is 50.6 Å². The molecule has 0 aliphatic rings. The van der Waals surface area contributed by atoms with Crippen LogP contribution in [-0.4, -0.2) is 27.3 Å². The maximum atomic E-state index is 12.0. The molecule has 0 unspecified atom stereocenters. The first-order valence-corrected chi connectivity index (χ1v) is 9.39. The lowest BCUT2D eigenvalue weighted by Crippen LogP contribution is -2.21. The third kappa shape index (κ3) is 4.44. The van der Waals surface area contributed by atoms with E-state index in [1.54, 1.807) is 30.4 Å². The predicted molar refractivity (Wildman–Crippen MR) is 104 cm³/mol. The van der Waals surface area contributed by atoms with Gasteiger partial charge in [-0.3, -0.25) is 14.9 Å². The molecule has 3 rings (SSSR count). The summed E-state index contributed by atoms with van der Waals surface area (Å²) < 4.78 is 1.92. The van der Waals surface area contributed by atoms with E-state index in [1.807, 2.05) is 24.3 Å². The number of nitro groups is 1. The zero-order valence-electron chi connectivity index (χ0n) is 13.7. The van der Waals surface area contributed by atoms with Gasteiger partial charge in [0.2, 0.25) is 0 Å². The molecule has 7 nitrogen and oxygen atoms in total. The summed E-state index contributed by atoms with van der Waals surface area (Å²) in [5, 5.41) is 14.7. The number of nitro benzene ring substituents is 1. The normalized spacial score (nSPS) is 11.5. The fraction of sp³-hybridized carbons (Fsp3) is 0.118. The molecule has 0 aliphatic carbocycles. The van der Waals surface area contributed by atoms with Crippen LogP contribution in [0.2, 0.25) is 0 Å². The van der Waals surface area contributed by atoms with Gasteiger partial charge >= 0.3 is 0 Å². The number of hydrogen-bond acceptors (Lipinski definition) is 7. The van der Waals surface area contributed by atoms with Gasteiger partial charge in [-0.05, 0) is 36.8 Å². The van der Waals surface area contributed by atoms with Crippen LogP contribution in [0, 0.1) is 10.1 Å². The molecule has 0 fully saturated rings. The largest absolute Gasteiger partial charge is 0.272 e. The summed E-state index contributed by atoms with van der Waals surface area (Å²) in [5.74, 6) is -0.0350. The zero-order chi connectivity index (χ0) is 18.5. The molecule has 132 valence electrons. The van der Waals surface area contributed by atoms with E-state index < -0.39 is 4.92 Å². The third-order valence-corrected chi connectivity index (χ3v) is 5.62. The molecule has 0 saturated heterocycles. The molecule has 1 amide bonds. The average molecular weight is 386 g/mol. The number of nitrogens with zero attached hydrogens (tertiary/aromatic N) is 3. The molecule has 0 atom stereocenters. The van der Waals surface area contributed by atoms with Gasteiger partial charge in [0.25, 0.3) is 11.6 Å². The van der Waals surface area contributed by atoms with Crippen molar-refractivity contribution in [3.05, 3.63) is 64.2 Å². The number of aromatic nitrogens is 1. The molecule has 0 aliphatic heterocycles. The molecular weight excluding hydrogens is 372 g/mol. The highest BCUT2D eigenvalue weighted by Gasteiger charge is 2.08. The molecule has 26 heavy (non-hydrogen) atoms. The number of carbonyl (C=O) groups is 1. The number of thioether (sulfide) groups is 1. The number of rotatable bonds is 6. The number of hydrazone groups is 1. The first-order valence-electron chi connectivity index (χ1n) is 7.59. The standard InChI is InChI=1S/C17H14N4O3S2/c1-11(12-6-8-13(9-7-12)21(23)24)19-20-16(22)10-25-17-18-14-4-2-3-5-15(14)26-17/h2-9H,10H2,1H3,(H,20,22). The number of fused-ring (bicyclic) bond motifs is 1. The van der Waals surface area contributed by atoms with Crippen LogP contribution >= 0.6 is 23.1 Å². The van der Waals surface area contributed by atoms with Gasteiger partial charge < -0.3 is 0 Å². The Balaban J connectivity index is 1.55. The van der Waals surface area contributed by atoms with Crippen LogP contribution in [-0.2, 0) is 4.79 Å². The lowest BCUT2D eigenvalue weighted by atomic mass is 10.1. The molecule has 1 aromatic heterocycles. The summed E-state index contributed by atoms with van der Waals surface area (Å²) in [4.78, 5) is 26.6. The molecular formula is C17H14N4O3S2. The summed E-state index contributed by atoms with van der Waals surface area (Å²) in [6, 6.07) is 13.8. The predicted octanol–water partition coefficient (Wildman–Crippen LogP) is 3.84. The molecule has 9 heteroatoms. The van der Waals surface area contributed by atoms with Crippen molar-refractivity contribution in [2.24, 2.45) is 5.10 Å². The van der Waals surface area contributed by atoms with Gasteiger partial charge in [-0.25, -0.2) is 10.4 Å². The highest BCUT2D eigenvalue weighted by Crippen LogP contribution is 2.29. The summed E-state index contributed by atoms with van der Waals surface area (Å²) in [6.07, 6.45) is 0. The van der Waals surface area contributed by atoms with Crippen molar-refractivity contribution in [2.45, 2.75) is 11.3 Å². The Bertz CT molecular complexity index is 950. The second kappa shape index (κ2) is 8.07. The number of para-hydroxylation sites is 1. The van der Waals surface area contributed by atoms with Gasteiger partial charge in [-0.2, -0.15) is 5.10 Å². The summed E-state index contributed by atoms with van der Waals surface area (Å²) in [6.45, 7) is 1.72. The number of benzene rings is 2. The lowest BCUT2D eigenvalue weighted by Gasteiger charge is -2.02. The lowest BCUT2D eigenvalue weighted by molar-refractivity contribution is -0.384. The number of hydrogen-bond donors (Lipinski definition) is 1. The fourth-order valence-electron chi connectivity index (χ4n) is 2.11. The van der Waals surface area contributed by atoms with Gasteiger partial charge in [0.1, 0.15) is 0 Å². The molecule has 0 bridgehead atoms. The van der Waals surface area contributed by atoms with Crippen LogP contribution < -0.4 is 5.43 Å². The second-order valence-electron chi connectivity index (χ2n) is 5.27. The number of nitrogens with one attached hydrogen (secondary N) is 1. The summed E-state index contributed by atoms with van der Waals surface area (Å²) in [7, 11) is 0. The first-order chi connectivity index (χ1) is 12.5. The Morgan fingerprint density at radius 1 is 1.27 bits per heavy atom. The van der Waals surface area contributed by atoms with E-state index in [0.717, 1.165) is 14.6 Å². The maximum Gasteiger partial charge on any atom is 0.269 e. The molecule has 0 spiro atoms. The Morgan fingerprint density at radius 3 is 2.69 bits per heavy atom. The molecule has 0 saturated carbocycles. The summed E-state index contributed by atoms with van der Waals surface area (Å²) in [5.41, 5.74) is 4.70. The highest BCUT2D eigenvalue weighted by atomic mass is 32.2. The molecule has 3 aromatic rings. The van der Waals surface area contributed by atoms with Crippen molar-refractivity contribution in [1.82, 2.24) is 10.4 Å². The fourth-order valence-corrected chi connectivity index (χ4v) is 3.97. The zero-order valence-corrected chi connectivity index (χ0v) is 15.3. The van der Waals surface area contributed by atoms with E-state index in [-0.39, 0.29) is 17.3 Å². The van der Waals surface area contributed by atoms with Gasteiger partial charge in [-0.15, -0.1) is 11.3 Å². The van der Waals surface area contributed by atoms with E-state index in [4.69, 9.17) is 0 Å². The average Bonchev–Trinajstić information content (AvgIpc) is 3.07. The Hall–Kier alpha value is -2.78. The van der Waals surface area contributed by atoms with Crippen LogP contribution in [0.3, 0.4) is 0 Å². The SMILES string of the molecule is CC(=NNC(=O)CSc1nc2ccccc2s1)c1ccc([N+](=O)[O-])cc1. The second-order valence-corrected chi connectivity index (χ2v) is 7.53. The van der Waals surface area contributed by atoms with E-state index >= 15 is 0 Å². The van der Waals surface area contributed by atoms with Gasteiger partial charge in [0.15, 0.2) is 4.34 Å². The van der Waals surface area contributed by atoms with E-state index in [9.17, 15) is 14.9 Å². The third-order valence-electron chi connectivity index (χ3n) is 3.45. The van der Waals surface area contributed by atoms with Crippen molar-refractivity contribution < 1.29 is 9.72 Å². The smallest absolute Gasteiger partial charge is 0.269 e. The Labute approximate surface area is 157 Å². The van der Waals surface area contributed by atoms with E-state index in [0.29, 0.717) is 11.3 Å². The Kier molecular flexibility index (Phi) is 5.59. The van der Waals surface area contributed by atoms with E-state index in [1.165, 1.54) is 23.9 Å². The topological polar surface area (TPSA) is 97.5 Å². The first kappa shape index (κ1) is 18.0. The minimum Gasteiger partial charge on any atom is -0.272 e. The van der Waals surface area contributed by atoms with Crippen molar-refractivity contribution in [3.63, 3.8) is 0 Å². The number of thiazole rings is 1. The van der Waals surface area contributed by atoms with Crippen molar-refractivity contribution in [3.8, 4) is 0 Å². The van der Waals surface area contributed by atoms with E-state index in [2.05, 4.69) is 15.5 Å². The monoisotopic (exact) mass is 386 g/mol. The number of carbonyl (C=O) groups excluding carboxylic acids is 1. The summed E-state index contributed by atoms with van der Waals surface area (Å²) >= 11 is 2.90. The van der Waals surface area contributed by atoms with Crippen LogP contribution in [0.25, 0.3) is 10.2 Å². The number of amides is 1. The van der Waals surface area contributed by atoms with Crippen molar-refractivity contribution in [2.75, 3.05) is 5.75 Å². The highest BCUT2D eigenvalue weighted by molar-refractivity contribution is 8.01. The van der Waals surface area contributed by atoms with Crippen LogP contribution in [0.5, 0.6) is 0 Å². The number of non-ortho nitro benzene ring substituents is 1. The van der Waals surface area contributed by atoms with Gasteiger partial charge in [-0.1, -0.05) is 23.9 Å².